The summed E-state index contributed by atoms with van der Waals surface area (Å²) in [6.45, 7) is 8.84. The number of aliphatic hydroxyl groups is 1. The molecule has 14 heteroatoms. The van der Waals surface area contributed by atoms with Crippen LogP contribution >= 0.6 is 11.3 Å². The first-order valence-electron chi connectivity index (χ1n) is 14.8. The topological polar surface area (TPSA) is 158 Å². The van der Waals surface area contributed by atoms with Crippen molar-refractivity contribution in [3.63, 3.8) is 0 Å². The smallest absolute Gasteiger partial charge is 0.412 e. The molecule has 0 fully saturated rings. The molecule has 0 radical (unpaired) electrons. The summed E-state index contributed by atoms with van der Waals surface area (Å²) in [6, 6.07) is 9.74. The molecule has 0 saturated heterocycles. The fourth-order valence-corrected chi connectivity index (χ4v) is 5.52. The van der Waals surface area contributed by atoms with Gasteiger partial charge >= 0.3 is 6.09 Å². The third kappa shape index (κ3) is 8.26. The van der Waals surface area contributed by atoms with Crippen LogP contribution in [0.25, 0.3) is 31.8 Å². The van der Waals surface area contributed by atoms with Crippen LogP contribution in [-0.2, 0) is 4.74 Å². The van der Waals surface area contributed by atoms with E-state index in [-0.39, 0.29) is 18.0 Å². The van der Waals surface area contributed by atoms with Gasteiger partial charge in [-0.15, -0.1) is 11.3 Å². The van der Waals surface area contributed by atoms with Crippen molar-refractivity contribution in [1.82, 2.24) is 25.3 Å². The Morgan fingerprint density at radius 1 is 1.04 bits per heavy atom. The molecule has 2 amide bonds. The van der Waals surface area contributed by atoms with Gasteiger partial charge < -0.3 is 24.6 Å². The van der Waals surface area contributed by atoms with E-state index in [9.17, 15) is 14.7 Å². The lowest BCUT2D eigenvalue weighted by Crippen LogP contribution is -2.33. The number of ether oxygens (including phenoxy) is 3. The molecule has 2 aromatic carbocycles. The van der Waals surface area contributed by atoms with Crippen molar-refractivity contribution in [2.45, 2.75) is 58.8 Å². The Balaban J connectivity index is 1.21. The van der Waals surface area contributed by atoms with Gasteiger partial charge in [0.05, 0.1) is 52.0 Å². The lowest BCUT2D eigenvalue weighted by molar-refractivity contribution is 0.0402. The fraction of sp³-hybridized carbons (Fsp3) is 0.333. The molecule has 5 rings (SSSR count). The van der Waals surface area contributed by atoms with Crippen LogP contribution in [0.5, 0.6) is 11.6 Å². The van der Waals surface area contributed by atoms with E-state index >= 15 is 4.39 Å². The van der Waals surface area contributed by atoms with Gasteiger partial charge in [-0.2, -0.15) is 0 Å². The number of nitrogens with zero attached hydrogens (tertiary/aromatic N) is 4. The molecule has 0 unspecified atom stereocenters. The number of rotatable bonds is 11. The van der Waals surface area contributed by atoms with E-state index in [2.05, 4.69) is 30.6 Å². The Labute approximate surface area is 274 Å². The van der Waals surface area contributed by atoms with Gasteiger partial charge in [-0.05, 0) is 70.9 Å². The fourth-order valence-electron chi connectivity index (χ4n) is 4.53. The number of methoxy groups -OCH3 is 1. The number of pyridine rings is 1. The third-order valence-electron chi connectivity index (χ3n) is 7.18. The molecule has 47 heavy (non-hydrogen) atoms. The maximum atomic E-state index is 15.2. The Morgan fingerprint density at radius 2 is 1.83 bits per heavy atom. The maximum Gasteiger partial charge on any atom is 0.412 e. The largest absolute Gasteiger partial charge is 0.484 e. The highest BCUT2D eigenvalue weighted by Crippen LogP contribution is 2.37. The summed E-state index contributed by atoms with van der Waals surface area (Å²) in [4.78, 5) is 42.5. The highest BCUT2D eigenvalue weighted by Gasteiger charge is 2.22. The number of halogens is 1. The molecule has 5 aromatic rings. The van der Waals surface area contributed by atoms with E-state index in [0.717, 1.165) is 11.1 Å². The van der Waals surface area contributed by atoms with E-state index in [1.54, 1.807) is 40.0 Å². The molecule has 246 valence electrons. The summed E-state index contributed by atoms with van der Waals surface area (Å²) in [5, 5.41) is 15.7. The molecular formula is C33H35FN6O6S. The summed E-state index contributed by atoms with van der Waals surface area (Å²) in [5.74, 6) is -0.608. The molecule has 2 atom stereocenters. The lowest BCUT2D eigenvalue weighted by Gasteiger charge is -2.22. The number of hydrogen-bond donors (Lipinski definition) is 3. The van der Waals surface area contributed by atoms with Gasteiger partial charge in [-0.3, -0.25) is 10.1 Å². The van der Waals surface area contributed by atoms with Crippen LogP contribution in [0.1, 0.15) is 50.2 Å². The normalized spacial score (nSPS) is 12.9. The summed E-state index contributed by atoms with van der Waals surface area (Å²) < 4.78 is 32.4. The van der Waals surface area contributed by atoms with Gasteiger partial charge in [0.1, 0.15) is 22.9 Å². The first kappa shape index (κ1) is 33.4. The zero-order valence-electron chi connectivity index (χ0n) is 26.8. The number of hydrogen-bond acceptors (Lipinski definition) is 11. The molecule has 0 aliphatic heterocycles. The Kier molecular flexibility index (Phi) is 9.82. The monoisotopic (exact) mass is 662 g/mol. The minimum Gasteiger partial charge on any atom is -0.484 e. The average Bonchev–Trinajstić information content (AvgIpc) is 3.42. The predicted molar refractivity (Wildman–Crippen MR) is 177 cm³/mol. The van der Waals surface area contributed by atoms with E-state index in [4.69, 9.17) is 14.2 Å². The highest BCUT2D eigenvalue weighted by atomic mass is 32.1. The number of carbonyl (C=O) groups is 2. The van der Waals surface area contributed by atoms with Crippen LogP contribution in [0.3, 0.4) is 0 Å². The molecule has 3 N–H and O–H groups in total. The van der Waals surface area contributed by atoms with E-state index in [1.807, 2.05) is 19.1 Å². The zero-order valence-corrected chi connectivity index (χ0v) is 27.6. The number of fused-ring (bicyclic) bond motifs is 2. The zero-order chi connectivity index (χ0) is 33.9. The summed E-state index contributed by atoms with van der Waals surface area (Å²) >= 11 is 1.37. The van der Waals surface area contributed by atoms with E-state index in [0.29, 0.717) is 44.2 Å². The van der Waals surface area contributed by atoms with Crippen molar-refractivity contribution in [3.05, 3.63) is 65.9 Å². The number of thiazole rings is 1. The second-order valence-electron chi connectivity index (χ2n) is 11.7. The van der Waals surface area contributed by atoms with Crippen molar-refractivity contribution in [1.29, 1.82) is 0 Å². The van der Waals surface area contributed by atoms with Gasteiger partial charge in [0.25, 0.3) is 5.91 Å². The Morgan fingerprint density at radius 3 is 2.53 bits per heavy atom. The van der Waals surface area contributed by atoms with Crippen molar-refractivity contribution >= 4 is 50.3 Å². The number of aromatic nitrogens is 4. The summed E-state index contributed by atoms with van der Waals surface area (Å²) in [7, 11) is 1.53. The van der Waals surface area contributed by atoms with Crippen LogP contribution in [0, 0.1) is 12.7 Å². The minimum absolute atomic E-state index is 0.00435. The second kappa shape index (κ2) is 13.8. The number of carbonyl (C=O) groups excluding carboxylic acids is 2. The minimum atomic E-state index is -0.897. The lowest BCUT2D eigenvalue weighted by atomic mass is 10.1. The number of benzene rings is 2. The number of amides is 2. The number of anilines is 1. The van der Waals surface area contributed by atoms with Gasteiger partial charge in [0.15, 0.2) is 11.6 Å². The molecule has 0 spiro atoms. The molecule has 12 nitrogen and oxygen atoms in total. The average molecular weight is 663 g/mol. The Bertz CT molecular complexity index is 1930. The molecule has 0 bridgehead atoms. The Hall–Kier alpha value is -4.95. The van der Waals surface area contributed by atoms with Gasteiger partial charge in [-0.25, -0.2) is 29.1 Å². The number of aryl methyl sites for hydroxylation is 1. The molecule has 3 heterocycles. The van der Waals surface area contributed by atoms with Crippen LogP contribution in [0.2, 0.25) is 0 Å². The van der Waals surface area contributed by atoms with E-state index in [1.165, 1.54) is 42.8 Å². The number of nitrogens with one attached hydrogen (secondary N) is 2. The standard InChI is InChI=1S/C33H35FN6O6S/c1-17-11-21(29-25(12-17)39-28(44-6)16-37-29)31-40-24-13-22(34)26(14-27(24)47-31)45-18(2)19(3)46-32(42)38-20-7-8-23(36-15-20)30(41)35-10-9-33(4,5)43/h7-8,11-16,18-19,43H,9-10H2,1-6H3,(H,35,41)(H,38,42)/t18-,19+/m0/s1. The van der Waals surface area contributed by atoms with Crippen LogP contribution in [0.15, 0.2) is 48.8 Å². The molecule has 3 aromatic heterocycles. The van der Waals surface area contributed by atoms with Crippen LogP contribution in [-0.4, -0.2) is 68.5 Å². The van der Waals surface area contributed by atoms with Gasteiger partial charge in [0.2, 0.25) is 5.88 Å². The third-order valence-corrected chi connectivity index (χ3v) is 8.23. The SMILES string of the molecule is COc1cnc2c(-c3nc4cc(F)c(O[C@@H](C)[C@@H](C)OC(=O)Nc5ccc(C(=O)NCCC(C)(C)O)nc5)cc4s3)cc(C)cc2n1. The predicted octanol–water partition coefficient (Wildman–Crippen LogP) is 6.05. The van der Waals surface area contributed by atoms with E-state index < -0.39 is 35.6 Å². The van der Waals surface area contributed by atoms with Crippen molar-refractivity contribution in [2.24, 2.45) is 0 Å². The van der Waals surface area contributed by atoms with Crippen molar-refractivity contribution in [3.8, 4) is 22.2 Å². The van der Waals surface area contributed by atoms with Gasteiger partial charge in [0, 0.05) is 24.2 Å². The highest BCUT2D eigenvalue weighted by molar-refractivity contribution is 7.21. The molecule has 0 saturated carbocycles. The molecule has 0 aliphatic rings. The molecule has 0 aliphatic carbocycles. The van der Waals surface area contributed by atoms with Crippen molar-refractivity contribution in [2.75, 3.05) is 19.0 Å². The maximum absolute atomic E-state index is 15.2. The van der Waals surface area contributed by atoms with Crippen LogP contribution < -0.4 is 20.1 Å². The quantitative estimate of drug-likeness (QED) is 0.152. The summed E-state index contributed by atoms with van der Waals surface area (Å²) in [6.07, 6.45) is 1.02. The summed E-state index contributed by atoms with van der Waals surface area (Å²) in [5.41, 5.74) is 3.09. The second-order valence-corrected chi connectivity index (χ2v) is 12.7. The first-order chi connectivity index (χ1) is 22.3. The van der Waals surface area contributed by atoms with Crippen molar-refractivity contribution < 1.29 is 33.3 Å². The molecular weight excluding hydrogens is 627 g/mol. The first-order valence-corrected chi connectivity index (χ1v) is 15.6. The van der Waals surface area contributed by atoms with Gasteiger partial charge in [-0.1, -0.05) is 0 Å². The van der Waals surface area contributed by atoms with Crippen LogP contribution in [0.4, 0.5) is 14.9 Å².